The van der Waals surface area contributed by atoms with E-state index in [2.05, 4.69) is 25.2 Å². The lowest BCUT2D eigenvalue weighted by Crippen LogP contribution is -2.37. The second-order valence-electron chi connectivity index (χ2n) is 9.30. The monoisotopic (exact) mass is 495 g/mol. The molecule has 4 N–H and O–H groups in total. The number of aliphatic hydroxyl groups excluding tert-OH is 1. The molecule has 11 heteroatoms. The van der Waals surface area contributed by atoms with Crippen molar-refractivity contribution in [2.75, 3.05) is 33.3 Å². The van der Waals surface area contributed by atoms with Crippen LogP contribution in [-0.2, 0) is 11.3 Å². The summed E-state index contributed by atoms with van der Waals surface area (Å²) >= 11 is 0. The zero-order valence-corrected chi connectivity index (χ0v) is 20.5. The number of hydrogen-bond donors (Lipinski definition) is 3. The average Bonchev–Trinajstić information content (AvgIpc) is 3.50. The molecule has 190 valence electrons. The second-order valence-corrected chi connectivity index (χ2v) is 9.30. The summed E-state index contributed by atoms with van der Waals surface area (Å²) in [5.74, 6) is 0.383. The molecule has 0 saturated carbocycles. The van der Waals surface area contributed by atoms with E-state index in [1.165, 1.54) is 6.07 Å². The van der Waals surface area contributed by atoms with Crippen LogP contribution in [0, 0.1) is 5.82 Å². The number of rotatable bonds is 4. The van der Waals surface area contributed by atoms with Gasteiger partial charge in [-0.15, -0.1) is 0 Å². The number of likely N-dealkylation sites (N-methyl/N-ethyl adjacent to an activating group) is 1. The fraction of sp³-hybridized carbons (Fsp3) is 0.400. The van der Waals surface area contributed by atoms with Gasteiger partial charge in [0, 0.05) is 30.1 Å². The van der Waals surface area contributed by atoms with Crippen molar-refractivity contribution in [3.05, 3.63) is 47.4 Å². The van der Waals surface area contributed by atoms with Crippen molar-refractivity contribution in [3.8, 4) is 17.0 Å². The van der Waals surface area contributed by atoms with E-state index in [9.17, 15) is 5.11 Å². The first kappa shape index (κ1) is 24.0. The molecule has 0 radical (unpaired) electrons. The van der Waals surface area contributed by atoms with E-state index in [1.807, 2.05) is 27.0 Å². The third-order valence-corrected chi connectivity index (χ3v) is 6.10. The lowest BCUT2D eigenvalue weighted by Gasteiger charge is -2.23. The van der Waals surface area contributed by atoms with Crippen LogP contribution < -0.4 is 10.5 Å². The predicted octanol–water partition coefficient (Wildman–Crippen LogP) is 2.31. The highest BCUT2D eigenvalue weighted by molar-refractivity contribution is 6.05. The van der Waals surface area contributed by atoms with Gasteiger partial charge in [0.25, 0.3) is 0 Å². The van der Waals surface area contributed by atoms with Crippen LogP contribution in [0.4, 0.5) is 4.39 Å². The zero-order chi connectivity index (χ0) is 25.4. The molecule has 2 aliphatic rings. The lowest BCUT2D eigenvalue weighted by molar-refractivity contribution is 0.144. The van der Waals surface area contributed by atoms with Crippen molar-refractivity contribution in [1.29, 1.82) is 0 Å². The number of hydrogen-bond acceptors (Lipinski definition) is 8. The standard InChI is InChI=1S/C25H30FN7O3/c1-14(2)35-24(27)16-4-5-21-18-8-17(20(26)9-22(18)31-30-21)19-10-29-33-12-15(36-25(19)33)11-32(3)13-23(16)28-6-7-34/h4-5,8-10,14-15,34H,6-7,11-13,27H2,1-3H3,(H,30,31)/b5-4+,24-16+,28-23?/t15-/m0/s1. The minimum atomic E-state index is -0.389. The summed E-state index contributed by atoms with van der Waals surface area (Å²) in [4.78, 5) is 6.68. The number of aliphatic hydroxyl groups is 1. The third kappa shape index (κ3) is 4.59. The quantitative estimate of drug-likeness (QED) is 0.474. The summed E-state index contributed by atoms with van der Waals surface area (Å²) in [7, 11) is 1.96. The van der Waals surface area contributed by atoms with E-state index in [0.29, 0.717) is 59.1 Å². The number of aliphatic imine (C=N–C) groups is 1. The van der Waals surface area contributed by atoms with Crippen LogP contribution in [0.1, 0.15) is 19.5 Å². The molecule has 4 bridgehead atoms. The van der Waals surface area contributed by atoms with Gasteiger partial charge in [0.15, 0.2) is 5.88 Å². The highest BCUT2D eigenvalue weighted by atomic mass is 19.1. The lowest BCUT2D eigenvalue weighted by atomic mass is 10.0. The van der Waals surface area contributed by atoms with Crippen molar-refractivity contribution in [1.82, 2.24) is 24.9 Å². The minimum absolute atomic E-state index is 0.0941. The van der Waals surface area contributed by atoms with Crippen LogP contribution in [0.5, 0.6) is 5.88 Å². The summed E-state index contributed by atoms with van der Waals surface area (Å²) in [5, 5.41) is 21.9. The maximum atomic E-state index is 15.1. The molecule has 10 nitrogen and oxygen atoms in total. The Morgan fingerprint density at radius 3 is 2.94 bits per heavy atom. The number of aromatic nitrogens is 4. The molecule has 1 atom stereocenters. The number of halogens is 1. The van der Waals surface area contributed by atoms with Crippen molar-refractivity contribution in [2.24, 2.45) is 10.7 Å². The van der Waals surface area contributed by atoms with Crippen molar-refractivity contribution < 1.29 is 19.0 Å². The predicted molar refractivity (Wildman–Crippen MR) is 135 cm³/mol. The van der Waals surface area contributed by atoms with Crippen LogP contribution >= 0.6 is 0 Å². The SMILES string of the molecule is CC(C)O/C(N)=C1\C=C\c2n[nH]c3cc(F)c(cc23)-c2cnn3c2O[C@@H](CN(C)CC1=NCCO)C3. The number of fused-ring (bicyclic) bond motifs is 3. The molecular weight excluding hydrogens is 465 g/mol. The molecule has 36 heavy (non-hydrogen) atoms. The second kappa shape index (κ2) is 9.75. The van der Waals surface area contributed by atoms with Gasteiger partial charge in [-0.05, 0) is 39.1 Å². The number of aromatic amines is 1. The molecule has 4 heterocycles. The molecule has 0 fully saturated rings. The Hall–Kier alpha value is -3.70. The average molecular weight is 496 g/mol. The Kier molecular flexibility index (Phi) is 6.50. The number of benzene rings is 1. The van der Waals surface area contributed by atoms with Gasteiger partial charge in [0.05, 0.1) is 60.1 Å². The molecule has 0 aliphatic carbocycles. The Bertz CT molecular complexity index is 1370. The highest BCUT2D eigenvalue weighted by Gasteiger charge is 2.30. The van der Waals surface area contributed by atoms with E-state index in [1.54, 1.807) is 23.0 Å². The summed E-state index contributed by atoms with van der Waals surface area (Å²) in [5.41, 5.74) is 9.82. The number of nitrogens with zero attached hydrogens (tertiary/aromatic N) is 5. The Balaban J connectivity index is 1.68. The first-order chi connectivity index (χ1) is 17.3. The van der Waals surface area contributed by atoms with Gasteiger partial charge in [0.2, 0.25) is 5.88 Å². The van der Waals surface area contributed by atoms with E-state index >= 15 is 4.39 Å². The largest absolute Gasteiger partial charge is 0.476 e. The van der Waals surface area contributed by atoms with Crippen LogP contribution in [0.25, 0.3) is 28.1 Å². The molecule has 3 aromatic rings. The van der Waals surface area contributed by atoms with Crippen LogP contribution in [-0.4, -0.2) is 81.2 Å². The number of allylic oxidation sites excluding steroid dienone is 1. The van der Waals surface area contributed by atoms with Gasteiger partial charge in [-0.1, -0.05) is 0 Å². The maximum Gasteiger partial charge on any atom is 0.220 e. The molecule has 0 amide bonds. The number of nitrogens with two attached hydrogens (primary N) is 1. The molecule has 5 rings (SSSR count). The molecule has 0 saturated heterocycles. The van der Waals surface area contributed by atoms with Crippen LogP contribution in [0.15, 0.2) is 40.9 Å². The minimum Gasteiger partial charge on any atom is -0.476 e. The van der Waals surface area contributed by atoms with E-state index in [-0.39, 0.29) is 37.1 Å². The van der Waals surface area contributed by atoms with Gasteiger partial charge in [0.1, 0.15) is 11.9 Å². The van der Waals surface area contributed by atoms with Gasteiger partial charge in [-0.25, -0.2) is 9.07 Å². The van der Waals surface area contributed by atoms with E-state index in [0.717, 1.165) is 5.39 Å². The van der Waals surface area contributed by atoms with Crippen LogP contribution in [0.3, 0.4) is 0 Å². The Labute approximate surface area is 207 Å². The molecule has 2 aliphatic heterocycles. The molecule has 0 unspecified atom stereocenters. The number of ether oxygens (including phenoxy) is 2. The number of H-pyrrole nitrogens is 1. The van der Waals surface area contributed by atoms with Crippen molar-refractivity contribution in [2.45, 2.75) is 32.6 Å². The van der Waals surface area contributed by atoms with Gasteiger partial charge in [-0.2, -0.15) is 10.2 Å². The maximum absolute atomic E-state index is 15.1. The zero-order valence-electron chi connectivity index (χ0n) is 20.5. The Morgan fingerprint density at radius 1 is 1.33 bits per heavy atom. The summed E-state index contributed by atoms with van der Waals surface area (Å²) in [6.45, 7) is 5.48. The Morgan fingerprint density at radius 2 is 2.17 bits per heavy atom. The van der Waals surface area contributed by atoms with Gasteiger partial charge < -0.3 is 20.3 Å². The first-order valence-corrected chi connectivity index (χ1v) is 11.9. The summed E-state index contributed by atoms with van der Waals surface area (Å²) in [6.07, 6.45) is 4.93. The smallest absolute Gasteiger partial charge is 0.220 e. The van der Waals surface area contributed by atoms with Gasteiger partial charge >= 0.3 is 0 Å². The fourth-order valence-electron chi connectivity index (χ4n) is 4.56. The normalized spacial score (nSPS) is 21.6. The fourth-order valence-corrected chi connectivity index (χ4v) is 4.56. The number of nitrogens with one attached hydrogen (secondary N) is 1. The van der Waals surface area contributed by atoms with Crippen LogP contribution in [0.2, 0.25) is 0 Å². The van der Waals surface area contributed by atoms with Gasteiger partial charge in [-0.3, -0.25) is 15.0 Å². The van der Waals surface area contributed by atoms with E-state index < -0.39 is 0 Å². The molecule has 1 aromatic carbocycles. The molecule has 0 spiro atoms. The first-order valence-electron chi connectivity index (χ1n) is 11.9. The summed E-state index contributed by atoms with van der Waals surface area (Å²) < 4.78 is 29.0. The molecule has 2 aromatic heterocycles. The topological polar surface area (TPSA) is 127 Å². The highest BCUT2D eigenvalue weighted by Crippen LogP contribution is 2.38. The summed E-state index contributed by atoms with van der Waals surface area (Å²) in [6, 6.07) is 3.19. The van der Waals surface area contributed by atoms with Crippen molar-refractivity contribution >= 4 is 22.7 Å². The molecular formula is C25H30FN7O3. The third-order valence-electron chi connectivity index (χ3n) is 6.10. The van der Waals surface area contributed by atoms with E-state index in [4.69, 9.17) is 15.2 Å². The van der Waals surface area contributed by atoms with Crippen molar-refractivity contribution in [3.63, 3.8) is 0 Å².